The summed E-state index contributed by atoms with van der Waals surface area (Å²) in [6, 6.07) is 11.7. The molecule has 0 atom stereocenters. The minimum absolute atomic E-state index is 0.108. The Morgan fingerprint density at radius 2 is 0.958 bits per heavy atom. The van der Waals surface area contributed by atoms with Crippen LogP contribution < -0.4 is 22.1 Å². The van der Waals surface area contributed by atoms with Crippen LogP contribution in [0.1, 0.15) is 41.5 Å². The zero-order valence-corrected chi connectivity index (χ0v) is 31.3. The smallest absolute Gasteiger partial charge is 0.202 e. The van der Waals surface area contributed by atoms with Gasteiger partial charge < -0.3 is 51.7 Å². The highest BCUT2D eigenvalue weighted by Crippen LogP contribution is 2.30. The van der Waals surface area contributed by atoms with Gasteiger partial charge in [0.05, 0.1) is 47.2 Å². The molecule has 0 unspecified atom stereocenters. The van der Waals surface area contributed by atoms with E-state index >= 15 is 0 Å². The van der Waals surface area contributed by atoms with E-state index in [-0.39, 0.29) is 44.3 Å². The SMILES string of the molecule is CC(C)(C)[NH2+]CCO.CC(C)(C)[NH2+]CCO.Nc1ccc(S(=O)(=O)[N-]c2nccs2)cc1.Nc1ccc(S(=O)(=O)[N-]c2nccs2)cc1. The van der Waals surface area contributed by atoms with Crippen molar-refractivity contribution in [3.8, 4) is 0 Å². The Bertz CT molecular complexity index is 1510. The van der Waals surface area contributed by atoms with Crippen molar-refractivity contribution in [1.82, 2.24) is 9.97 Å². The molecule has 4 aromatic rings. The molecule has 48 heavy (non-hydrogen) atoms. The summed E-state index contributed by atoms with van der Waals surface area (Å²) in [5, 5.41) is 24.8. The number of anilines is 2. The van der Waals surface area contributed by atoms with Crippen LogP contribution in [-0.4, -0.2) is 74.4 Å². The molecule has 10 N–H and O–H groups in total. The molecular weight excluding hydrogens is 697 g/mol. The number of aromatic nitrogens is 2. The van der Waals surface area contributed by atoms with Crippen LogP contribution in [0, 0.1) is 0 Å². The minimum Gasteiger partial charge on any atom is -0.433 e. The Balaban J connectivity index is 0.000000339. The second kappa shape index (κ2) is 20.2. The van der Waals surface area contributed by atoms with Gasteiger partial charge >= 0.3 is 0 Å². The molecule has 2 aromatic carbocycles. The molecule has 0 aliphatic heterocycles. The van der Waals surface area contributed by atoms with Crippen LogP contribution in [0.5, 0.6) is 0 Å². The first-order chi connectivity index (χ1) is 22.3. The van der Waals surface area contributed by atoms with Crippen molar-refractivity contribution in [2.45, 2.75) is 62.4 Å². The predicted octanol–water partition coefficient (Wildman–Crippen LogP) is 2.92. The molecule has 0 radical (unpaired) electrons. The third-order valence-electron chi connectivity index (χ3n) is 5.36. The average molecular weight is 745 g/mol. The van der Waals surface area contributed by atoms with Gasteiger partial charge in [-0.25, -0.2) is 16.8 Å². The Morgan fingerprint density at radius 3 is 1.17 bits per heavy atom. The molecular formula is C30H48N8O6S4. The number of thiazole rings is 2. The summed E-state index contributed by atoms with van der Waals surface area (Å²) in [5.74, 6) is 0. The third-order valence-corrected chi connectivity index (χ3v) is 9.49. The van der Waals surface area contributed by atoms with E-state index in [0.29, 0.717) is 11.4 Å². The fourth-order valence-electron chi connectivity index (χ4n) is 3.11. The number of sulfonamides is 2. The van der Waals surface area contributed by atoms with Crippen LogP contribution in [0.15, 0.2) is 81.5 Å². The van der Waals surface area contributed by atoms with Crippen molar-refractivity contribution in [3.05, 3.63) is 81.1 Å². The van der Waals surface area contributed by atoms with Crippen molar-refractivity contribution in [2.24, 2.45) is 0 Å². The number of quaternary nitrogens is 2. The molecule has 18 heteroatoms. The summed E-state index contributed by atoms with van der Waals surface area (Å²) < 4.78 is 54.3. The summed E-state index contributed by atoms with van der Waals surface area (Å²) in [7, 11) is -7.37. The van der Waals surface area contributed by atoms with E-state index in [4.69, 9.17) is 21.7 Å². The van der Waals surface area contributed by atoms with Crippen molar-refractivity contribution in [1.29, 1.82) is 0 Å². The number of nitrogens with zero attached hydrogens (tertiary/aromatic N) is 4. The molecule has 268 valence electrons. The number of hydrogen-bond donors (Lipinski definition) is 6. The van der Waals surface area contributed by atoms with Crippen LogP contribution >= 0.6 is 22.7 Å². The molecule has 0 bridgehead atoms. The van der Waals surface area contributed by atoms with E-state index in [0.717, 1.165) is 13.1 Å². The van der Waals surface area contributed by atoms with Gasteiger partial charge in [0, 0.05) is 21.6 Å². The van der Waals surface area contributed by atoms with E-state index in [9.17, 15) is 16.8 Å². The molecule has 0 spiro atoms. The molecule has 0 aliphatic carbocycles. The van der Waals surface area contributed by atoms with Gasteiger partial charge in [-0.15, -0.1) is 0 Å². The lowest BCUT2D eigenvalue weighted by Crippen LogP contribution is -2.95. The average Bonchev–Trinajstić information content (AvgIpc) is 3.70. The molecule has 4 rings (SSSR count). The fraction of sp³-hybridized carbons (Fsp3) is 0.400. The van der Waals surface area contributed by atoms with Crippen molar-refractivity contribution in [3.63, 3.8) is 0 Å². The van der Waals surface area contributed by atoms with Crippen molar-refractivity contribution < 1.29 is 37.7 Å². The van der Waals surface area contributed by atoms with E-state index in [1.165, 1.54) is 83.6 Å². The van der Waals surface area contributed by atoms with Crippen molar-refractivity contribution in [2.75, 3.05) is 37.8 Å². The second-order valence-electron chi connectivity index (χ2n) is 12.1. The number of nitrogens with two attached hydrogens (primary N) is 4. The highest BCUT2D eigenvalue weighted by molar-refractivity contribution is 7.94. The van der Waals surface area contributed by atoms with Gasteiger partial charge in [-0.3, -0.25) is 0 Å². The molecule has 0 saturated heterocycles. The Kier molecular flexibility index (Phi) is 18.0. The van der Waals surface area contributed by atoms with Gasteiger partial charge in [-0.2, -0.15) is 22.7 Å². The molecule has 2 aromatic heterocycles. The first-order valence-corrected chi connectivity index (χ1v) is 19.3. The van der Waals surface area contributed by atoms with Gasteiger partial charge in [-0.05, 0) is 101 Å². The first-order valence-electron chi connectivity index (χ1n) is 14.6. The van der Waals surface area contributed by atoms with Crippen LogP contribution in [0.25, 0.3) is 9.44 Å². The van der Waals surface area contributed by atoms with Gasteiger partial charge in [0.1, 0.15) is 0 Å². The zero-order valence-electron chi connectivity index (χ0n) is 28.0. The predicted molar refractivity (Wildman–Crippen MR) is 194 cm³/mol. The van der Waals surface area contributed by atoms with Gasteiger partial charge in [0.25, 0.3) is 0 Å². The normalized spacial score (nSPS) is 11.5. The standard InChI is InChI=1S/2C9H8N3O2S2.2C6H15NO/c2*10-7-1-3-8(4-2-7)16(13,14)12-9-11-5-6-15-9;2*1-6(2,3)7-4-5-8/h2*1-6H,10H2;2*7-8H,4-5H2,1-3H3/q2*-1;;/p+2. The fourth-order valence-corrected chi connectivity index (χ4v) is 6.45. The Morgan fingerprint density at radius 1 is 0.646 bits per heavy atom. The summed E-state index contributed by atoms with van der Waals surface area (Å²) in [4.78, 5) is 7.80. The van der Waals surface area contributed by atoms with Gasteiger partial charge in [0.2, 0.25) is 20.0 Å². The monoisotopic (exact) mass is 744 g/mol. The highest BCUT2D eigenvalue weighted by atomic mass is 32.2. The lowest BCUT2D eigenvalue weighted by Gasteiger charge is -2.15. The second-order valence-corrected chi connectivity index (χ2v) is 17.0. The zero-order chi connectivity index (χ0) is 36.4. The largest absolute Gasteiger partial charge is 0.433 e. The van der Waals surface area contributed by atoms with Gasteiger partial charge in [-0.1, -0.05) is 12.4 Å². The number of hydrogen-bond acceptors (Lipinski definition) is 12. The van der Waals surface area contributed by atoms with Crippen LogP contribution in [-0.2, 0) is 20.0 Å². The molecule has 0 fully saturated rings. The highest BCUT2D eigenvalue weighted by Gasteiger charge is 2.12. The van der Waals surface area contributed by atoms with Crippen LogP contribution in [0.4, 0.5) is 21.6 Å². The Hall–Kier alpha value is -3.36. The lowest BCUT2D eigenvalue weighted by molar-refractivity contribution is -0.718. The topological polar surface area (TPSA) is 248 Å². The third kappa shape index (κ3) is 18.8. The molecule has 14 nitrogen and oxygen atoms in total. The maximum absolute atomic E-state index is 11.8. The Labute approximate surface area is 292 Å². The summed E-state index contributed by atoms with van der Waals surface area (Å²) in [5.41, 5.74) is 12.5. The molecule has 2 heterocycles. The van der Waals surface area contributed by atoms with Gasteiger partial charge in [0.15, 0.2) is 0 Å². The number of rotatable bonds is 10. The summed E-state index contributed by atoms with van der Waals surface area (Å²) in [6.45, 7) is 14.9. The minimum atomic E-state index is -3.68. The maximum Gasteiger partial charge on any atom is 0.202 e. The van der Waals surface area contributed by atoms with E-state index in [1.54, 1.807) is 10.8 Å². The molecule has 0 saturated carbocycles. The summed E-state index contributed by atoms with van der Waals surface area (Å²) in [6.07, 6.45) is 3.00. The van der Waals surface area contributed by atoms with Crippen molar-refractivity contribution >= 4 is 64.4 Å². The number of aliphatic hydroxyl groups excluding tert-OH is 2. The van der Waals surface area contributed by atoms with Crippen LogP contribution in [0.3, 0.4) is 0 Å². The van der Waals surface area contributed by atoms with E-state index in [2.05, 4.69) is 71.6 Å². The van der Waals surface area contributed by atoms with E-state index < -0.39 is 20.0 Å². The summed E-state index contributed by atoms with van der Waals surface area (Å²) >= 11 is 2.33. The van der Waals surface area contributed by atoms with Crippen LogP contribution in [0.2, 0.25) is 0 Å². The molecule has 0 aliphatic rings. The first kappa shape index (κ1) is 42.7. The van der Waals surface area contributed by atoms with E-state index in [1.807, 2.05) is 0 Å². The quantitative estimate of drug-likeness (QED) is 0.130. The lowest BCUT2D eigenvalue weighted by atomic mass is 10.1. The molecule has 0 amide bonds. The maximum atomic E-state index is 11.8. The number of aliphatic hydroxyl groups is 2. The number of nitrogen functional groups attached to an aromatic ring is 2. The number of benzene rings is 2.